The molecule has 0 radical (unpaired) electrons. The number of ether oxygens (including phenoxy) is 1. The smallest absolute Gasteiger partial charge is 0.262 e. The van der Waals surface area contributed by atoms with Gasteiger partial charge >= 0.3 is 0 Å². The normalized spacial score (nSPS) is 15.6. The third-order valence-electron chi connectivity index (χ3n) is 4.53. The number of amides is 1. The van der Waals surface area contributed by atoms with E-state index >= 15 is 0 Å². The molecule has 1 N–H and O–H groups in total. The van der Waals surface area contributed by atoms with E-state index in [1.54, 1.807) is 36.0 Å². The number of thioether (sulfide) groups is 1. The van der Waals surface area contributed by atoms with Gasteiger partial charge in [-0.25, -0.2) is 0 Å². The summed E-state index contributed by atoms with van der Waals surface area (Å²) < 4.78 is 5.23. The van der Waals surface area contributed by atoms with E-state index in [0.29, 0.717) is 5.56 Å². The minimum absolute atomic E-state index is 0.0678. The van der Waals surface area contributed by atoms with Crippen LogP contribution in [0.4, 0.5) is 11.4 Å². The number of hydrogen-bond acceptors (Lipinski definition) is 5. The van der Waals surface area contributed by atoms with Gasteiger partial charge in [0.05, 0.1) is 18.4 Å². The lowest BCUT2D eigenvalue weighted by atomic mass is 10.2. The maximum absolute atomic E-state index is 13.1. The molecule has 1 atom stereocenters. The summed E-state index contributed by atoms with van der Waals surface area (Å²) in [6.45, 7) is 0. The fourth-order valence-corrected chi connectivity index (χ4v) is 3.66. The SMILES string of the molecule is COc1ccc(N2C(=O)c3cccnc3[C@H]2Nc2cccc(SC)c2)cc1. The van der Waals surface area contributed by atoms with Crippen molar-refractivity contribution in [2.24, 2.45) is 0 Å². The summed E-state index contributed by atoms with van der Waals surface area (Å²) in [7, 11) is 1.62. The van der Waals surface area contributed by atoms with Gasteiger partial charge in [0, 0.05) is 22.5 Å². The monoisotopic (exact) mass is 377 g/mol. The largest absolute Gasteiger partial charge is 0.497 e. The van der Waals surface area contributed by atoms with E-state index in [9.17, 15) is 4.79 Å². The van der Waals surface area contributed by atoms with Crippen molar-refractivity contribution in [2.45, 2.75) is 11.1 Å². The topological polar surface area (TPSA) is 54.5 Å². The van der Waals surface area contributed by atoms with Crippen LogP contribution >= 0.6 is 11.8 Å². The molecule has 0 spiro atoms. The Morgan fingerprint density at radius 3 is 2.67 bits per heavy atom. The van der Waals surface area contributed by atoms with E-state index in [1.807, 2.05) is 48.7 Å². The molecule has 2 aromatic carbocycles. The Bertz CT molecular complexity index is 975. The number of rotatable bonds is 5. The zero-order chi connectivity index (χ0) is 18.8. The van der Waals surface area contributed by atoms with Crippen LogP contribution in [0.25, 0.3) is 0 Å². The van der Waals surface area contributed by atoms with Gasteiger partial charge < -0.3 is 10.1 Å². The molecular formula is C21H19N3O2S. The molecule has 4 rings (SSSR count). The predicted molar refractivity (Wildman–Crippen MR) is 109 cm³/mol. The van der Waals surface area contributed by atoms with E-state index in [4.69, 9.17) is 4.74 Å². The van der Waals surface area contributed by atoms with Crippen molar-refractivity contribution in [1.29, 1.82) is 0 Å². The molecule has 6 heteroatoms. The second kappa shape index (κ2) is 7.32. The summed E-state index contributed by atoms with van der Waals surface area (Å²) in [5, 5.41) is 3.48. The van der Waals surface area contributed by atoms with Gasteiger partial charge in [0.25, 0.3) is 5.91 Å². The van der Waals surface area contributed by atoms with Crippen LogP contribution in [0.2, 0.25) is 0 Å². The molecule has 0 saturated carbocycles. The van der Waals surface area contributed by atoms with Gasteiger partial charge in [-0.1, -0.05) is 6.07 Å². The van der Waals surface area contributed by atoms with E-state index in [-0.39, 0.29) is 12.1 Å². The number of carbonyl (C=O) groups is 1. The molecule has 0 fully saturated rings. The van der Waals surface area contributed by atoms with Gasteiger partial charge in [-0.05, 0) is 60.9 Å². The fourth-order valence-electron chi connectivity index (χ4n) is 3.20. The zero-order valence-electron chi connectivity index (χ0n) is 15.0. The van der Waals surface area contributed by atoms with E-state index in [1.165, 1.54) is 0 Å². The van der Waals surface area contributed by atoms with Crippen molar-refractivity contribution in [2.75, 3.05) is 23.6 Å². The molecular weight excluding hydrogens is 358 g/mol. The van der Waals surface area contributed by atoms with Gasteiger partial charge in [0.2, 0.25) is 0 Å². The standard InChI is InChI=1S/C21H19N3O2S/c1-26-16-10-8-15(9-11-16)24-20(19-18(21(24)25)7-4-12-22-19)23-14-5-3-6-17(13-14)27-2/h3-13,20,23H,1-2H3/t20-/m0/s1. The van der Waals surface area contributed by atoms with Crippen LogP contribution in [-0.2, 0) is 0 Å². The van der Waals surface area contributed by atoms with Crippen molar-refractivity contribution in [3.8, 4) is 5.75 Å². The molecule has 0 aliphatic carbocycles. The first-order valence-electron chi connectivity index (χ1n) is 8.54. The highest BCUT2D eigenvalue weighted by Gasteiger charge is 2.39. The maximum Gasteiger partial charge on any atom is 0.262 e. The summed E-state index contributed by atoms with van der Waals surface area (Å²) in [6.07, 6.45) is 3.38. The molecule has 1 aliphatic rings. The third-order valence-corrected chi connectivity index (χ3v) is 5.25. The summed E-state index contributed by atoms with van der Waals surface area (Å²) in [4.78, 5) is 20.5. The van der Waals surface area contributed by atoms with E-state index < -0.39 is 0 Å². The Kier molecular flexibility index (Phi) is 4.73. The van der Waals surface area contributed by atoms with Gasteiger partial charge in [0.15, 0.2) is 6.17 Å². The minimum Gasteiger partial charge on any atom is -0.497 e. The van der Waals surface area contributed by atoms with Gasteiger partial charge in [0.1, 0.15) is 5.75 Å². The highest BCUT2D eigenvalue weighted by molar-refractivity contribution is 7.98. The first-order chi connectivity index (χ1) is 13.2. The Labute approximate surface area is 162 Å². The molecule has 136 valence electrons. The highest BCUT2D eigenvalue weighted by atomic mass is 32.2. The fraction of sp³-hybridized carbons (Fsp3) is 0.143. The van der Waals surface area contributed by atoms with Crippen LogP contribution in [0.3, 0.4) is 0 Å². The average molecular weight is 377 g/mol. The lowest BCUT2D eigenvalue weighted by Gasteiger charge is -2.26. The number of anilines is 2. The number of pyridine rings is 1. The number of carbonyl (C=O) groups excluding carboxylic acids is 1. The molecule has 5 nitrogen and oxygen atoms in total. The Morgan fingerprint density at radius 2 is 1.93 bits per heavy atom. The van der Waals surface area contributed by atoms with Crippen molar-refractivity contribution in [3.63, 3.8) is 0 Å². The molecule has 1 aliphatic heterocycles. The van der Waals surface area contributed by atoms with Crippen LogP contribution in [-0.4, -0.2) is 24.3 Å². The van der Waals surface area contributed by atoms with Gasteiger partial charge in [-0.3, -0.25) is 14.7 Å². The third kappa shape index (κ3) is 3.24. The Morgan fingerprint density at radius 1 is 1.11 bits per heavy atom. The molecule has 0 bridgehead atoms. The highest BCUT2D eigenvalue weighted by Crippen LogP contribution is 2.37. The quantitative estimate of drug-likeness (QED) is 0.660. The van der Waals surface area contributed by atoms with Crippen molar-refractivity contribution < 1.29 is 9.53 Å². The molecule has 27 heavy (non-hydrogen) atoms. The second-order valence-corrected chi connectivity index (χ2v) is 6.97. The van der Waals surface area contributed by atoms with Gasteiger partial charge in [-0.2, -0.15) is 0 Å². The first kappa shape index (κ1) is 17.4. The van der Waals surface area contributed by atoms with Gasteiger partial charge in [-0.15, -0.1) is 11.8 Å². The van der Waals surface area contributed by atoms with Crippen LogP contribution in [0.15, 0.2) is 71.8 Å². The molecule has 1 amide bonds. The number of hydrogen-bond donors (Lipinski definition) is 1. The first-order valence-corrected chi connectivity index (χ1v) is 9.77. The molecule has 2 heterocycles. The van der Waals surface area contributed by atoms with Crippen molar-refractivity contribution >= 4 is 29.0 Å². The predicted octanol–water partition coefficient (Wildman–Crippen LogP) is 4.58. The molecule has 0 saturated heterocycles. The zero-order valence-corrected chi connectivity index (χ0v) is 15.9. The molecule has 1 aromatic heterocycles. The van der Waals surface area contributed by atoms with Crippen LogP contribution in [0.1, 0.15) is 22.2 Å². The van der Waals surface area contributed by atoms with E-state index in [0.717, 1.165) is 27.7 Å². The lowest BCUT2D eigenvalue weighted by Crippen LogP contribution is -2.32. The summed E-state index contributed by atoms with van der Waals surface area (Å²) >= 11 is 1.68. The average Bonchev–Trinajstić information content (AvgIpc) is 3.00. The second-order valence-electron chi connectivity index (χ2n) is 6.09. The summed E-state index contributed by atoms with van der Waals surface area (Å²) in [5.41, 5.74) is 3.08. The number of nitrogens with zero attached hydrogens (tertiary/aromatic N) is 2. The van der Waals surface area contributed by atoms with Crippen LogP contribution in [0.5, 0.6) is 5.75 Å². The number of methoxy groups -OCH3 is 1. The summed E-state index contributed by atoms with van der Waals surface area (Å²) in [6, 6.07) is 19.2. The Balaban J connectivity index is 1.74. The van der Waals surface area contributed by atoms with Crippen molar-refractivity contribution in [3.05, 3.63) is 78.1 Å². The minimum atomic E-state index is -0.376. The number of benzene rings is 2. The van der Waals surface area contributed by atoms with Crippen LogP contribution in [0, 0.1) is 0 Å². The lowest BCUT2D eigenvalue weighted by molar-refractivity contribution is 0.0993. The summed E-state index contributed by atoms with van der Waals surface area (Å²) in [5.74, 6) is 0.681. The number of fused-ring (bicyclic) bond motifs is 1. The molecule has 0 unspecified atom stereocenters. The Hall–Kier alpha value is -2.99. The van der Waals surface area contributed by atoms with Crippen LogP contribution < -0.4 is 15.0 Å². The van der Waals surface area contributed by atoms with E-state index in [2.05, 4.69) is 22.4 Å². The number of nitrogens with one attached hydrogen (secondary N) is 1. The molecule has 3 aromatic rings. The maximum atomic E-state index is 13.1. The number of aromatic nitrogens is 1. The van der Waals surface area contributed by atoms with Crippen molar-refractivity contribution in [1.82, 2.24) is 4.98 Å².